The molecule has 0 radical (unpaired) electrons. The maximum Gasteiger partial charge on any atom is 0.195 e. The van der Waals surface area contributed by atoms with E-state index < -0.39 is 0 Å². The Balaban J connectivity index is 0.00000324. The van der Waals surface area contributed by atoms with Gasteiger partial charge in [0.1, 0.15) is 0 Å². The molecule has 5 heteroatoms. The summed E-state index contributed by atoms with van der Waals surface area (Å²) in [5.74, 6) is 1.06. The summed E-state index contributed by atoms with van der Waals surface area (Å²) in [5.41, 5.74) is 0. The zero-order valence-corrected chi connectivity index (χ0v) is 15.6. The van der Waals surface area contributed by atoms with Crippen LogP contribution >= 0.6 is 24.0 Å². The van der Waals surface area contributed by atoms with Gasteiger partial charge < -0.3 is 14.7 Å². The van der Waals surface area contributed by atoms with Gasteiger partial charge in [-0.2, -0.15) is 0 Å². The van der Waals surface area contributed by atoms with E-state index in [0.29, 0.717) is 6.04 Å². The molecule has 0 amide bonds. The molecule has 0 aromatic rings. The lowest BCUT2D eigenvalue weighted by Crippen LogP contribution is -2.38. The second-order valence-corrected chi connectivity index (χ2v) is 5.70. The SMILES string of the molecule is CC(CCN=C(N(C)C)N(C)C)N1CCCCC1.I. The highest BCUT2D eigenvalue weighted by Crippen LogP contribution is 2.13. The molecule has 1 fully saturated rings. The standard InChI is InChI=1S/C14H30N4.HI/c1-13(18-11-7-6-8-12-18)9-10-15-14(16(2)3)17(4)5;/h13H,6-12H2,1-5H3;1H. The van der Waals surface area contributed by atoms with Crippen LogP contribution in [0.1, 0.15) is 32.6 Å². The minimum Gasteiger partial charge on any atom is -0.349 e. The smallest absolute Gasteiger partial charge is 0.195 e. The van der Waals surface area contributed by atoms with E-state index in [9.17, 15) is 0 Å². The molecule has 0 spiro atoms. The van der Waals surface area contributed by atoms with Gasteiger partial charge in [0, 0.05) is 40.8 Å². The second kappa shape index (κ2) is 9.80. The molecule has 0 aromatic heterocycles. The van der Waals surface area contributed by atoms with Crippen molar-refractivity contribution in [1.82, 2.24) is 14.7 Å². The summed E-state index contributed by atoms with van der Waals surface area (Å²) in [6.07, 6.45) is 5.31. The monoisotopic (exact) mass is 382 g/mol. The number of hydrogen-bond donors (Lipinski definition) is 0. The molecule has 19 heavy (non-hydrogen) atoms. The topological polar surface area (TPSA) is 22.1 Å². The van der Waals surface area contributed by atoms with Gasteiger partial charge in [0.2, 0.25) is 0 Å². The van der Waals surface area contributed by atoms with Gasteiger partial charge >= 0.3 is 0 Å². The predicted octanol–water partition coefficient (Wildman–Crippen LogP) is 2.35. The van der Waals surface area contributed by atoms with Gasteiger partial charge in [-0.3, -0.25) is 4.99 Å². The third-order valence-electron chi connectivity index (χ3n) is 3.61. The van der Waals surface area contributed by atoms with Gasteiger partial charge in [-0.15, -0.1) is 24.0 Å². The fourth-order valence-corrected chi connectivity index (χ4v) is 2.58. The summed E-state index contributed by atoms with van der Waals surface area (Å²) in [6, 6.07) is 0.666. The first-order valence-electron chi connectivity index (χ1n) is 7.15. The van der Waals surface area contributed by atoms with Gasteiger partial charge in [0.15, 0.2) is 5.96 Å². The van der Waals surface area contributed by atoms with Crippen molar-refractivity contribution in [2.24, 2.45) is 4.99 Å². The fraction of sp³-hybridized carbons (Fsp3) is 0.929. The molecular weight excluding hydrogens is 351 g/mol. The van der Waals surface area contributed by atoms with Gasteiger partial charge in [0.05, 0.1) is 0 Å². The average molecular weight is 382 g/mol. The molecule has 0 N–H and O–H groups in total. The molecule has 1 heterocycles. The van der Waals surface area contributed by atoms with Crippen LogP contribution in [-0.4, -0.2) is 74.5 Å². The van der Waals surface area contributed by atoms with Crippen LogP contribution in [0.25, 0.3) is 0 Å². The molecule has 1 rings (SSSR count). The van der Waals surface area contributed by atoms with Crippen LogP contribution < -0.4 is 0 Å². The molecule has 0 aromatic carbocycles. The molecule has 1 saturated heterocycles. The number of halogens is 1. The van der Waals surface area contributed by atoms with E-state index in [4.69, 9.17) is 4.99 Å². The van der Waals surface area contributed by atoms with Crippen molar-refractivity contribution < 1.29 is 0 Å². The molecule has 1 atom stereocenters. The normalized spacial score (nSPS) is 17.3. The summed E-state index contributed by atoms with van der Waals surface area (Å²) >= 11 is 0. The van der Waals surface area contributed by atoms with E-state index in [0.717, 1.165) is 18.9 Å². The van der Waals surface area contributed by atoms with Crippen molar-refractivity contribution in [2.45, 2.75) is 38.6 Å². The number of piperidine rings is 1. The number of aliphatic imine (C=N–C) groups is 1. The molecule has 0 saturated carbocycles. The minimum atomic E-state index is 0. The van der Waals surface area contributed by atoms with E-state index in [2.05, 4.69) is 21.6 Å². The lowest BCUT2D eigenvalue weighted by Gasteiger charge is -2.32. The highest BCUT2D eigenvalue weighted by Gasteiger charge is 2.16. The first-order chi connectivity index (χ1) is 8.52. The Kier molecular flexibility index (Phi) is 9.78. The van der Waals surface area contributed by atoms with Crippen LogP contribution in [0.2, 0.25) is 0 Å². The highest BCUT2D eigenvalue weighted by molar-refractivity contribution is 14.0. The Morgan fingerprint density at radius 2 is 1.58 bits per heavy atom. The van der Waals surface area contributed by atoms with Crippen molar-refractivity contribution in [3.8, 4) is 0 Å². The predicted molar refractivity (Wildman–Crippen MR) is 94.6 cm³/mol. The van der Waals surface area contributed by atoms with E-state index in [1.54, 1.807) is 0 Å². The van der Waals surface area contributed by atoms with Crippen LogP contribution in [0, 0.1) is 0 Å². The minimum absolute atomic E-state index is 0. The lowest BCUT2D eigenvalue weighted by molar-refractivity contribution is 0.168. The van der Waals surface area contributed by atoms with E-state index >= 15 is 0 Å². The van der Waals surface area contributed by atoms with Crippen molar-refractivity contribution in [3.05, 3.63) is 0 Å². The Bertz CT molecular complexity index is 250. The van der Waals surface area contributed by atoms with E-state index in [-0.39, 0.29) is 24.0 Å². The van der Waals surface area contributed by atoms with Crippen molar-refractivity contribution in [1.29, 1.82) is 0 Å². The van der Waals surface area contributed by atoms with Crippen LogP contribution in [0.5, 0.6) is 0 Å². The third kappa shape index (κ3) is 6.79. The first-order valence-corrected chi connectivity index (χ1v) is 7.15. The third-order valence-corrected chi connectivity index (χ3v) is 3.61. The zero-order valence-electron chi connectivity index (χ0n) is 13.2. The molecular formula is C14H31IN4. The lowest BCUT2D eigenvalue weighted by atomic mass is 10.1. The molecule has 1 unspecified atom stereocenters. The van der Waals surface area contributed by atoms with Crippen LogP contribution in [0.4, 0.5) is 0 Å². The van der Waals surface area contributed by atoms with Gasteiger partial charge in [0.25, 0.3) is 0 Å². The number of rotatable bonds is 4. The highest BCUT2D eigenvalue weighted by atomic mass is 127. The molecule has 114 valence electrons. The number of nitrogens with zero attached hydrogens (tertiary/aromatic N) is 4. The number of hydrogen-bond acceptors (Lipinski definition) is 2. The first kappa shape index (κ1) is 19.0. The van der Waals surface area contributed by atoms with Crippen LogP contribution in [0.15, 0.2) is 4.99 Å². The molecule has 1 aliphatic rings. The van der Waals surface area contributed by atoms with Crippen molar-refractivity contribution in [3.63, 3.8) is 0 Å². The van der Waals surface area contributed by atoms with Gasteiger partial charge in [-0.25, -0.2) is 0 Å². The Morgan fingerprint density at radius 3 is 2.05 bits per heavy atom. The second-order valence-electron chi connectivity index (χ2n) is 5.70. The summed E-state index contributed by atoms with van der Waals surface area (Å²) < 4.78 is 0. The summed E-state index contributed by atoms with van der Waals surface area (Å²) in [6.45, 7) is 5.81. The number of likely N-dealkylation sites (tertiary alicyclic amines) is 1. The average Bonchev–Trinajstić information content (AvgIpc) is 2.34. The Labute approximate surface area is 136 Å². The fourth-order valence-electron chi connectivity index (χ4n) is 2.58. The van der Waals surface area contributed by atoms with Crippen LogP contribution in [-0.2, 0) is 0 Å². The van der Waals surface area contributed by atoms with Crippen molar-refractivity contribution >= 4 is 29.9 Å². The van der Waals surface area contributed by atoms with E-state index in [1.165, 1.54) is 32.4 Å². The van der Waals surface area contributed by atoms with Gasteiger partial charge in [-0.1, -0.05) is 6.42 Å². The molecule has 1 aliphatic heterocycles. The zero-order chi connectivity index (χ0) is 13.5. The Hall–Kier alpha value is -0.0400. The maximum atomic E-state index is 4.70. The summed E-state index contributed by atoms with van der Waals surface area (Å²) in [4.78, 5) is 11.5. The Morgan fingerprint density at radius 1 is 1.05 bits per heavy atom. The summed E-state index contributed by atoms with van der Waals surface area (Å²) in [5, 5.41) is 0. The summed E-state index contributed by atoms with van der Waals surface area (Å²) in [7, 11) is 8.19. The number of guanidine groups is 1. The molecule has 4 nitrogen and oxygen atoms in total. The maximum absolute atomic E-state index is 4.70. The molecule has 0 bridgehead atoms. The molecule has 0 aliphatic carbocycles. The quantitative estimate of drug-likeness (QED) is 0.423. The van der Waals surface area contributed by atoms with Crippen molar-refractivity contribution in [2.75, 3.05) is 47.8 Å². The largest absolute Gasteiger partial charge is 0.349 e. The van der Waals surface area contributed by atoms with Crippen LogP contribution in [0.3, 0.4) is 0 Å². The van der Waals surface area contributed by atoms with Gasteiger partial charge in [-0.05, 0) is 39.3 Å². The van der Waals surface area contributed by atoms with E-state index in [1.807, 2.05) is 28.2 Å².